The molecule has 0 radical (unpaired) electrons. The number of hydrogen-bond donors (Lipinski definition) is 3. The maximum atomic E-state index is 13.9. The summed E-state index contributed by atoms with van der Waals surface area (Å²) in [5.74, 6) is 5.25. The van der Waals surface area contributed by atoms with Gasteiger partial charge < -0.3 is 10.7 Å². The first-order valence-electron chi connectivity index (χ1n) is 6.61. The Balaban J connectivity index is 1.74. The normalized spacial score (nSPS) is 28.4. The molecule has 3 rings (SSSR count). The van der Waals surface area contributed by atoms with Crippen LogP contribution < -0.4 is 16.6 Å². The van der Waals surface area contributed by atoms with E-state index in [2.05, 4.69) is 15.7 Å². The summed E-state index contributed by atoms with van der Waals surface area (Å²) in [6.07, 6.45) is 6.02. The van der Waals surface area contributed by atoms with E-state index < -0.39 is 5.82 Å². The monoisotopic (exact) mass is 264 g/mol. The number of aromatic nitrogens is 1. The molecule has 2 saturated carbocycles. The number of fused-ring (bicyclic) bond motifs is 2. The summed E-state index contributed by atoms with van der Waals surface area (Å²) in [7, 11) is 0. The summed E-state index contributed by atoms with van der Waals surface area (Å²) in [5.41, 5.74) is 2.14. The van der Waals surface area contributed by atoms with E-state index in [1.165, 1.54) is 31.5 Å². The van der Waals surface area contributed by atoms with Gasteiger partial charge in [0.05, 0.1) is 5.56 Å². The fraction of sp³-hybridized carbons (Fsp3) is 0.538. The lowest BCUT2D eigenvalue weighted by atomic mass is 9.95. The van der Waals surface area contributed by atoms with Crippen LogP contribution in [-0.4, -0.2) is 16.9 Å². The number of nitrogens with two attached hydrogens (primary N) is 1. The van der Waals surface area contributed by atoms with Gasteiger partial charge in [0.15, 0.2) is 11.6 Å². The number of carbonyl (C=O) groups is 1. The Morgan fingerprint density at radius 3 is 2.89 bits per heavy atom. The van der Waals surface area contributed by atoms with Crippen LogP contribution in [0.2, 0.25) is 0 Å². The van der Waals surface area contributed by atoms with Gasteiger partial charge in [-0.1, -0.05) is 6.42 Å². The number of pyridine rings is 1. The van der Waals surface area contributed by atoms with E-state index in [9.17, 15) is 9.18 Å². The van der Waals surface area contributed by atoms with Crippen LogP contribution in [0, 0.1) is 17.7 Å². The van der Waals surface area contributed by atoms with Crippen molar-refractivity contribution in [2.24, 2.45) is 17.7 Å². The van der Waals surface area contributed by atoms with Crippen molar-refractivity contribution in [1.29, 1.82) is 0 Å². The van der Waals surface area contributed by atoms with Crippen molar-refractivity contribution in [3.05, 3.63) is 23.6 Å². The molecular formula is C13H17FN4O. The molecule has 0 spiro atoms. The van der Waals surface area contributed by atoms with Crippen LogP contribution in [-0.2, 0) is 0 Å². The molecule has 5 nitrogen and oxygen atoms in total. The molecule has 0 aliphatic heterocycles. The lowest BCUT2D eigenvalue weighted by molar-refractivity contribution is 0.0919. The number of nitrogens with one attached hydrogen (secondary N) is 2. The van der Waals surface area contributed by atoms with E-state index in [-0.39, 0.29) is 23.3 Å². The van der Waals surface area contributed by atoms with Crippen LogP contribution in [0.4, 0.5) is 10.2 Å². The van der Waals surface area contributed by atoms with Crippen LogP contribution in [0.3, 0.4) is 0 Å². The fourth-order valence-corrected chi connectivity index (χ4v) is 3.39. The van der Waals surface area contributed by atoms with Gasteiger partial charge in [0.1, 0.15) is 0 Å². The molecule has 2 bridgehead atoms. The summed E-state index contributed by atoms with van der Waals surface area (Å²) < 4.78 is 13.9. The number of halogens is 1. The Hall–Kier alpha value is -1.69. The third-order valence-electron chi connectivity index (χ3n) is 4.33. The van der Waals surface area contributed by atoms with Gasteiger partial charge in [-0.15, -0.1) is 0 Å². The number of nitrogen functional groups attached to an aromatic ring is 1. The molecule has 2 fully saturated rings. The minimum Gasteiger partial charge on any atom is -0.349 e. The van der Waals surface area contributed by atoms with Crippen LogP contribution in [0.25, 0.3) is 0 Å². The number of anilines is 1. The highest BCUT2D eigenvalue weighted by Gasteiger charge is 2.40. The molecule has 19 heavy (non-hydrogen) atoms. The molecule has 6 heteroatoms. The van der Waals surface area contributed by atoms with Gasteiger partial charge >= 0.3 is 0 Å². The van der Waals surface area contributed by atoms with Gasteiger partial charge in [0, 0.05) is 12.2 Å². The maximum Gasteiger partial charge on any atom is 0.254 e. The zero-order valence-electron chi connectivity index (χ0n) is 10.5. The van der Waals surface area contributed by atoms with Crippen molar-refractivity contribution in [3.8, 4) is 0 Å². The number of nitrogens with zero attached hydrogens (tertiary/aromatic N) is 1. The molecule has 0 saturated heterocycles. The molecule has 102 valence electrons. The summed E-state index contributed by atoms with van der Waals surface area (Å²) in [5, 5.41) is 2.94. The van der Waals surface area contributed by atoms with Crippen LogP contribution >= 0.6 is 0 Å². The van der Waals surface area contributed by atoms with Gasteiger partial charge in [0.25, 0.3) is 5.91 Å². The van der Waals surface area contributed by atoms with Crippen molar-refractivity contribution >= 4 is 11.7 Å². The highest BCUT2D eigenvalue weighted by Crippen LogP contribution is 2.44. The average molecular weight is 264 g/mol. The van der Waals surface area contributed by atoms with Gasteiger partial charge in [-0.25, -0.2) is 15.2 Å². The Morgan fingerprint density at radius 2 is 2.26 bits per heavy atom. The molecular weight excluding hydrogens is 247 g/mol. The molecule has 1 aromatic rings. The lowest BCUT2D eigenvalue weighted by Crippen LogP contribution is -2.39. The highest BCUT2D eigenvalue weighted by atomic mass is 19.1. The Bertz CT molecular complexity index is 507. The average Bonchev–Trinajstić information content (AvgIpc) is 3.01. The third-order valence-corrected chi connectivity index (χ3v) is 4.33. The molecule has 2 aliphatic carbocycles. The second-order valence-corrected chi connectivity index (χ2v) is 5.42. The quantitative estimate of drug-likeness (QED) is 0.570. The molecule has 0 aromatic carbocycles. The molecule has 4 N–H and O–H groups in total. The largest absolute Gasteiger partial charge is 0.349 e. The molecule has 1 amide bonds. The first-order chi connectivity index (χ1) is 9.19. The number of amides is 1. The summed E-state index contributed by atoms with van der Waals surface area (Å²) in [6.45, 7) is 0. The summed E-state index contributed by atoms with van der Waals surface area (Å²) in [6, 6.07) is 1.56. The maximum absolute atomic E-state index is 13.9. The van der Waals surface area contributed by atoms with Gasteiger partial charge in [-0.05, 0) is 37.2 Å². The van der Waals surface area contributed by atoms with Crippen LogP contribution in [0.15, 0.2) is 12.3 Å². The van der Waals surface area contributed by atoms with Crippen molar-refractivity contribution < 1.29 is 9.18 Å². The summed E-state index contributed by atoms with van der Waals surface area (Å²) >= 11 is 0. The standard InChI is InChI=1S/C13H17FN4O/c14-11-9(3-4-16-12(11)18-15)13(19)17-10-6-7-1-2-8(10)5-7/h3-4,7-8,10H,1-2,5-6,15H2,(H,16,18)(H,17,19). The first kappa shape index (κ1) is 12.3. The minimum absolute atomic E-state index is 0.00859. The predicted molar refractivity (Wildman–Crippen MR) is 68.7 cm³/mol. The van der Waals surface area contributed by atoms with E-state index in [1.54, 1.807) is 0 Å². The number of carbonyl (C=O) groups excluding carboxylic acids is 1. The van der Waals surface area contributed by atoms with Crippen molar-refractivity contribution in [1.82, 2.24) is 10.3 Å². The van der Waals surface area contributed by atoms with Crippen LogP contribution in [0.1, 0.15) is 36.0 Å². The zero-order valence-corrected chi connectivity index (χ0v) is 10.5. The highest BCUT2D eigenvalue weighted by molar-refractivity contribution is 5.95. The van der Waals surface area contributed by atoms with Crippen molar-refractivity contribution in [3.63, 3.8) is 0 Å². The zero-order chi connectivity index (χ0) is 13.4. The molecule has 2 aliphatic rings. The van der Waals surface area contributed by atoms with E-state index in [4.69, 9.17) is 5.84 Å². The van der Waals surface area contributed by atoms with Crippen LogP contribution in [0.5, 0.6) is 0 Å². The second kappa shape index (κ2) is 4.77. The van der Waals surface area contributed by atoms with E-state index >= 15 is 0 Å². The third kappa shape index (κ3) is 2.16. The van der Waals surface area contributed by atoms with Crippen molar-refractivity contribution in [2.75, 3.05) is 5.43 Å². The number of hydrogen-bond acceptors (Lipinski definition) is 4. The molecule has 3 unspecified atom stereocenters. The second-order valence-electron chi connectivity index (χ2n) is 5.42. The summed E-state index contributed by atoms with van der Waals surface area (Å²) in [4.78, 5) is 15.8. The molecule has 3 atom stereocenters. The van der Waals surface area contributed by atoms with Gasteiger partial charge in [-0.2, -0.15) is 0 Å². The lowest BCUT2D eigenvalue weighted by Gasteiger charge is -2.23. The SMILES string of the molecule is NNc1nccc(C(=O)NC2CC3CCC2C3)c1F. The van der Waals surface area contributed by atoms with Gasteiger partial charge in [-0.3, -0.25) is 4.79 Å². The number of hydrazine groups is 1. The Kier molecular flexibility index (Phi) is 3.10. The van der Waals surface area contributed by atoms with E-state index in [1.807, 2.05) is 0 Å². The number of rotatable bonds is 3. The molecule has 1 aromatic heterocycles. The minimum atomic E-state index is -0.703. The Labute approximate surface area is 110 Å². The smallest absolute Gasteiger partial charge is 0.254 e. The fourth-order valence-electron chi connectivity index (χ4n) is 3.39. The van der Waals surface area contributed by atoms with Crippen molar-refractivity contribution in [2.45, 2.75) is 31.7 Å². The predicted octanol–water partition coefficient (Wildman–Crippen LogP) is 1.42. The molecule has 1 heterocycles. The van der Waals surface area contributed by atoms with Gasteiger partial charge in [0.2, 0.25) is 0 Å². The first-order valence-corrected chi connectivity index (χ1v) is 6.61. The van der Waals surface area contributed by atoms with E-state index in [0.29, 0.717) is 5.92 Å². The van der Waals surface area contributed by atoms with E-state index in [0.717, 1.165) is 12.3 Å². The topological polar surface area (TPSA) is 80.0 Å². The Morgan fingerprint density at radius 1 is 1.42 bits per heavy atom.